The first-order valence-corrected chi connectivity index (χ1v) is 7.13. The van der Waals surface area contributed by atoms with Crippen LogP contribution in [0.25, 0.3) is 0 Å². The van der Waals surface area contributed by atoms with Crippen LogP contribution in [-0.4, -0.2) is 24.4 Å². The van der Waals surface area contributed by atoms with Gasteiger partial charge in [0.2, 0.25) is 5.91 Å². The highest BCUT2D eigenvalue weighted by Gasteiger charge is 2.21. The Bertz CT molecular complexity index is 446. The van der Waals surface area contributed by atoms with Gasteiger partial charge in [0.15, 0.2) is 0 Å². The fraction of sp³-hybridized carbons (Fsp3) is 0.538. The number of fused-ring (bicyclic) bond motifs is 1. The number of aryl methyl sites for hydroxylation is 2. The summed E-state index contributed by atoms with van der Waals surface area (Å²) in [5.41, 5.74) is 1.30. The van der Waals surface area contributed by atoms with Crippen molar-refractivity contribution in [1.82, 2.24) is 10.6 Å². The van der Waals surface area contributed by atoms with Gasteiger partial charge in [0.25, 0.3) is 5.91 Å². The Labute approximate surface area is 111 Å². The fourth-order valence-corrected chi connectivity index (χ4v) is 3.26. The molecule has 1 atom stereocenters. The highest BCUT2D eigenvalue weighted by atomic mass is 32.1. The third-order valence-corrected chi connectivity index (χ3v) is 4.30. The van der Waals surface area contributed by atoms with Crippen molar-refractivity contribution in [2.45, 2.75) is 39.2 Å². The summed E-state index contributed by atoms with van der Waals surface area (Å²) in [6.45, 7) is 4.13. The second kappa shape index (κ2) is 5.52. The zero-order chi connectivity index (χ0) is 13.1. The van der Waals surface area contributed by atoms with E-state index in [2.05, 4.69) is 10.6 Å². The Hall–Kier alpha value is -1.36. The lowest BCUT2D eigenvalue weighted by Crippen LogP contribution is -2.44. The van der Waals surface area contributed by atoms with E-state index in [1.807, 2.05) is 13.0 Å². The number of likely N-dealkylation sites (N-methyl/N-ethyl adjacent to an activating group) is 1. The zero-order valence-electron chi connectivity index (χ0n) is 10.7. The van der Waals surface area contributed by atoms with Gasteiger partial charge in [0.1, 0.15) is 6.04 Å². The van der Waals surface area contributed by atoms with Gasteiger partial charge in [-0.3, -0.25) is 9.59 Å². The summed E-state index contributed by atoms with van der Waals surface area (Å²) in [5, 5.41) is 5.42. The summed E-state index contributed by atoms with van der Waals surface area (Å²) in [6, 6.07) is 1.47. The molecule has 98 valence electrons. The first kappa shape index (κ1) is 13.1. The van der Waals surface area contributed by atoms with E-state index >= 15 is 0 Å². The van der Waals surface area contributed by atoms with Crippen LogP contribution in [0.2, 0.25) is 0 Å². The lowest BCUT2D eigenvalue weighted by Gasteiger charge is -2.12. The average molecular weight is 266 g/mol. The number of hydrogen-bond acceptors (Lipinski definition) is 3. The van der Waals surface area contributed by atoms with Gasteiger partial charge in [-0.1, -0.05) is 0 Å². The van der Waals surface area contributed by atoms with Gasteiger partial charge < -0.3 is 10.6 Å². The number of carbonyl (C=O) groups excluding carboxylic acids is 2. The number of hydrogen-bond donors (Lipinski definition) is 2. The standard InChI is InChI=1S/C13H18N2O2S/c1-3-14-12(16)8(2)15-13(17)11-7-9-5-4-6-10(9)18-11/h7-8H,3-6H2,1-2H3,(H,14,16)(H,15,17)/t8-/m1/s1. The molecule has 0 bridgehead atoms. The molecule has 1 aliphatic carbocycles. The Morgan fingerprint density at radius 3 is 2.89 bits per heavy atom. The Balaban J connectivity index is 1.97. The summed E-state index contributed by atoms with van der Waals surface area (Å²) in [5.74, 6) is -0.289. The molecule has 1 heterocycles. The van der Waals surface area contributed by atoms with Crippen LogP contribution in [0.5, 0.6) is 0 Å². The maximum absolute atomic E-state index is 12.0. The summed E-state index contributed by atoms with van der Waals surface area (Å²) < 4.78 is 0. The lowest BCUT2D eigenvalue weighted by molar-refractivity contribution is -0.122. The summed E-state index contributed by atoms with van der Waals surface area (Å²) in [4.78, 5) is 25.6. The minimum Gasteiger partial charge on any atom is -0.355 e. The minimum absolute atomic E-state index is 0.144. The fourth-order valence-electron chi connectivity index (χ4n) is 2.10. The molecule has 0 radical (unpaired) electrons. The number of amides is 2. The molecule has 1 aliphatic rings. The van der Waals surface area contributed by atoms with Gasteiger partial charge in [0.05, 0.1) is 4.88 Å². The van der Waals surface area contributed by atoms with Crippen molar-refractivity contribution in [3.05, 3.63) is 21.4 Å². The highest BCUT2D eigenvalue weighted by molar-refractivity contribution is 7.14. The highest BCUT2D eigenvalue weighted by Crippen LogP contribution is 2.30. The van der Waals surface area contributed by atoms with Crippen LogP contribution >= 0.6 is 11.3 Å². The van der Waals surface area contributed by atoms with Crippen LogP contribution in [0, 0.1) is 0 Å². The minimum atomic E-state index is -0.491. The van der Waals surface area contributed by atoms with Crippen LogP contribution < -0.4 is 10.6 Å². The summed E-state index contributed by atoms with van der Waals surface area (Å²) in [7, 11) is 0. The molecule has 5 heteroatoms. The largest absolute Gasteiger partial charge is 0.355 e. The first-order valence-electron chi connectivity index (χ1n) is 6.32. The van der Waals surface area contributed by atoms with Gasteiger partial charge in [-0.05, 0) is 44.7 Å². The van der Waals surface area contributed by atoms with Gasteiger partial charge in [0, 0.05) is 11.4 Å². The molecule has 4 nitrogen and oxygen atoms in total. The second-order valence-electron chi connectivity index (χ2n) is 4.50. The van der Waals surface area contributed by atoms with E-state index in [0.717, 1.165) is 17.7 Å². The third-order valence-electron chi connectivity index (χ3n) is 3.06. The quantitative estimate of drug-likeness (QED) is 0.867. The van der Waals surface area contributed by atoms with Crippen LogP contribution in [0.1, 0.15) is 40.4 Å². The van der Waals surface area contributed by atoms with E-state index in [9.17, 15) is 9.59 Å². The molecule has 0 fully saturated rings. The first-order chi connectivity index (χ1) is 8.61. The maximum atomic E-state index is 12.0. The monoisotopic (exact) mass is 266 g/mol. The molecule has 1 aromatic rings. The van der Waals surface area contributed by atoms with E-state index in [1.165, 1.54) is 16.9 Å². The molecular formula is C13H18N2O2S. The van der Waals surface area contributed by atoms with Crippen molar-refractivity contribution in [3.8, 4) is 0 Å². The van der Waals surface area contributed by atoms with Crippen LogP contribution in [0.15, 0.2) is 6.07 Å². The van der Waals surface area contributed by atoms with E-state index in [-0.39, 0.29) is 11.8 Å². The van der Waals surface area contributed by atoms with Crippen molar-refractivity contribution in [2.24, 2.45) is 0 Å². The van der Waals surface area contributed by atoms with Crippen LogP contribution in [-0.2, 0) is 17.6 Å². The maximum Gasteiger partial charge on any atom is 0.262 e. The topological polar surface area (TPSA) is 58.2 Å². The lowest BCUT2D eigenvalue weighted by atomic mass is 10.2. The predicted octanol–water partition coefficient (Wildman–Crippen LogP) is 1.49. The number of carbonyl (C=O) groups is 2. The van der Waals surface area contributed by atoms with E-state index in [0.29, 0.717) is 6.54 Å². The van der Waals surface area contributed by atoms with Gasteiger partial charge in [-0.2, -0.15) is 0 Å². The third kappa shape index (κ3) is 2.72. The second-order valence-corrected chi connectivity index (χ2v) is 5.64. The average Bonchev–Trinajstić information content (AvgIpc) is 2.88. The van der Waals surface area contributed by atoms with E-state index in [1.54, 1.807) is 18.3 Å². The molecule has 0 saturated carbocycles. The number of thiophene rings is 1. The normalized spacial score (nSPS) is 15.0. The number of nitrogens with one attached hydrogen (secondary N) is 2. The van der Waals surface area contributed by atoms with Crippen molar-refractivity contribution in [2.75, 3.05) is 6.54 Å². The molecule has 2 rings (SSSR count). The van der Waals surface area contributed by atoms with Crippen molar-refractivity contribution in [1.29, 1.82) is 0 Å². The smallest absolute Gasteiger partial charge is 0.262 e. The summed E-state index contributed by atoms with van der Waals surface area (Å²) >= 11 is 1.55. The van der Waals surface area contributed by atoms with Gasteiger partial charge in [-0.25, -0.2) is 0 Å². The Kier molecular flexibility index (Phi) is 4.01. The van der Waals surface area contributed by atoms with Crippen LogP contribution in [0.4, 0.5) is 0 Å². The Morgan fingerprint density at radius 2 is 2.22 bits per heavy atom. The SMILES string of the molecule is CCNC(=O)[C@@H](C)NC(=O)c1cc2c(s1)CCC2. The van der Waals surface area contributed by atoms with Crippen LogP contribution in [0.3, 0.4) is 0 Å². The molecule has 0 saturated heterocycles. The number of rotatable bonds is 4. The summed E-state index contributed by atoms with van der Waals surface area (Å²) in [6.07, 6.45) is 3.35. The van der Waals surface area contributed by atoms with Gasteiger partial charge >= 0.3 is 0 Å². The molecule has 2 N–H and O–H groups in total. The zero-order valence-corrected chi connectivity index (χ0v) is 11.5. The molecule has 0 aliphatic heterocycles. The molecule has 0 spiro atoms. The molecule has 2 amide bonds. The van der Waals surface area contributed by atoms with Crippen molar-refractivity contribution >= 4 is 23.2 Å². The van der Waals surface area contributed by atoms with E-state index in [4.69, 9.17) is 0 Å². The van der Waals surface area contributed by atoms with E-state index < -0.39 is 6.04 Å². The molecule has 0 aromatic carbocycles. The molecule has 1 aromatic heterocycles. The molecular weight excluding hydrogens is 248 g/mol. The van der Waals surface area contributed by atoms with Crippen molar-refractivity contribution in [3.63, 3.8) is 0 Å². The van der Waals surface area contributed by atoms with Crippen molar-refractivity contribution < 1.29 is 9.59 Å². The molecule has 0 unspecified atom stereocenters. The van der Waals surface area contributed by atoms with Gasteiger partial charge in [-0.15, -0.1) is 11.3 Å². The molecule has 18 heavy (non-hydrogen) atoms. The Morgan fingerprint density at radius 1 is 1.44 bits per heavy atom. The predicted molar refractivity (Wildman–Crippen MR) is 72.0 cm³/mol.